The van der Waals surface area contributed by atoms with Gasteiger partial charge in [0, 0.05) is 13.0 Å². The minimum absolute atomic E-state index is 0.0923. The van der Waals surface area contributed by atoms with Gasteiger partial charge in [-0.1, -0.05) is 25.7 Å². The minimum Gasteiger partial charge on any atom is -0.481 e. The van der Waals surface area contributed by atoms with Crippen molar-refractivity contribution in [3.05, 3.63) is 0 Å². The van der Waals surface area contributed by atoms with Crippen LogP contribution < -0.4 is 11.1 Å². The molecule has 0 heterocycles. The second kappa shape index (κ2) is 7.36. The van der Waals surface area contributed by atoms with Crippen LogP contribution in [0.25, 0.3) is 0 Å². The second-order valence-corrected chi connectivity index (χ2v) is 5.17. The fourth-order valence-electron chi connectivity index (χ4n) is 2.49. The van der Waals surface area contributed by atoms with E-state index in [9.17, 15) is 14.7 Å². The van der Waals surface area contributed by atoms with Gasteiger partial charge in [-0.25, -0.2) is 0 Å². The maximum Gasteiger partial charge on any atom is 0.311 e. The van der Waals surface area contributed by atoms with Crippen molar-refractivity contribution < 1.29 is 14.7 Å². The number of carboxylic acid groups (broad SMARTS) is 1. The number of hydrogen-bond donors (Lipinski definition) is 3. The van der Waals surface area contributed by atoms with Gasteiger partial charge in [-0.15, -0.1) is 0 Å². The normalized spacial score (nSPS) is 18.9. The molecule has 5 heteroatoms. The van der Waals surface area contributed by atoms with E-state index in [2.05, 4.69) is 5.32 Å². The van der Waals surface area contributed by atoms with E-state index in [1.54, 1.807) is 0 Å². The Balaban J connectivity index is 2.51. The van der Waals surface area contributed by atoms with Gasteiger partial charge in [0.05, 0.1) is 5.41 Å². The van der Waals surface area contributed by atoms with Crippen LogP contribution in [0.4, 0.5) is 0 Å². The number of carbonyl (C=O) groups is 2. The highest BCUT2D eigenvalue weighted by molar-refractivity contribution is 5.79. The molecule has 0 atom stereocenters. The Labute approximate surface area is 108 Å². The first-order chi connectivity index (χ1) is 8.60. The molecule has 0 aromatic heterocycles. The van der Waals surface area contributed by atoms with Crippen LogP contribution in [0.5, 0.6) is 0 Å². The van der Waals surface area contributed by atoms with Crippen molar-refractivity contribution in [2.24, 2.45) is 11.1 Å². The Kier molecular flexibility index (Phi) is 6.12. The maximum absolute atomic E-state index is 11.5. The molecular weight excluding hydrogens is 232 g/mol. The quantitative estimate of drug-likeness (QED) is 0.624. The molecule has 0 aromatic rings. The molecule has 104 valence electrons. The van der Waals surface area contributed by atoms with Crippen molar-refractivity contribution in [2.75, 3.05) is 13.1 Å². The molecule has 0 saturated heterocycles. The van der Waals surface area contributed by atoms with Crippen molar-refractivity contribution >= 4 is 11.9 Å². The molecule has 4 N–H and O–H groups in total. The van der Waals surface area contributed by atoms with E-state index in [1.165, 1.54) is 0 Å². The molecule has 1 rings (SSSR count). The Hall–Kier alpha value is -1.10. The van der Waals surface area contributed by atoms with E-state index in [4.69, 9.17) is 5.73 Å². The second-order valence-electron chi connectivity index (χ2n) is 5.17. The Bertz CT molecular complexity index is 284. The summed E-state index contributed by atoms with van der Waals surface area (Å²) in [5.74, 6) is -0.867. The van der Waals surface area contributed by atoms with Crippen LogP contribution in [0.2, 0.25) is 0 Å². The molecule has 1 amide bonds. The lowest BCUT2D eigenvalue weighted by Gasteiger charge is -2.28. The van der Waals surface area contributed by atoms with E-state index >= 15 is 0 Å². The molecule has 1 aliphatic carbocycles. The van der Waals surface area contributed by atoms with Gasteiger partial charge in [0.25, 0.3) is 0 Å². The standard InChI is InChI=1S/C13H24N2O3/c14-9-5-6-11(16)15-10-13(12(17)18)7-3-1-2-4-8-13/h1-10,14H2,(H,15,16)(H,17,18). The van der Waals surface area contributed by atoms with Crippen molar-refractivity contribution in [3.8, 4) is 0 Å². The fraction of sp³-hybridized carbons (Fsp3) is 0.846. The number of aliphatic carboxylic acids is 1. The number of hydrogen-bond acceptors (Lipinski definition) is 3. The van der Waals surface area contributed by atoms with Gasteiger partial charge < -0.3 is 16.2 Å². The average Bonchev–Trinajstić information content (AvgIpc) is 2.60. The van der Waals surface area contributed by atoms with Crippen LogP contribution >= 0.6 is 0 Å². The summed E-state index contributed by atoms with van der Waals surface area (Å²) in [7, 11) is 0. The number of amides is 1. The number of rotatable bonds is 6. The van der Waals surface area contributed by atoms with Crippen LogP contribution in [-0.2, 0) is 9.59 Å². The predicted octanol–water partition coefficient (Wildman–Crippen LogP) is 1.27. The first kappa shape index (κ1) is 15.0. The number of carbonyl (C=O) groups excluding carboxylic acids is 1. The molecule has 0 spiro atoms. The van der Waals surface area contributed by atoms with Gasteiger partial charge in [-0.3, -0.25) is 9.59 Å². The average molecular weight is 256 g/mol. The zero-order valence-corrected chi connectivity index (χ0v) is 10.9. The zero-order valence-electron chi connectivity index (χ0n) is 10.9. The van der Waals surface area contributed by atoms with Gasteiger partial charge in [-0.2, -0.15) is 0 Å². The van der Waals surface area contributed by atoms with Crippen LogP contribution in [-0.4, -0.2) is 30.1 Å². The molecule has 1 saturated carbocycles. The van der Waals surface area contributed by atoms with Crippen molar-refractivity contribution in [2.45, 2.75) is 51.4 Å². The maximum atomic E-state index is 11.5. The third kappa shape index (κ3) is 4.29. The van der Waals surface area contributed by atoms with Gasteiger partial charge in [0.2, 0.25) is 5.91 Å². The molecule has 0 aromatic carbocycles. The summed E-state index contributed by atoms with van der Waals surface area (Å²) in [6.45, 7) is 0.739. The summed E-state index contributed by atoms with van der Waals surface area (Å²) in [6, 6.07) is 0. The van der Waals surface area contributed by atoms with Gasteiger partial charge in [0.15, 0.2) is 0 Å². The van der Waals surface area contributed by atoms with E-state index in [0.29, 0.717) is 32.2 Å². The van der Waals surface area contributed by atoms with Crippen LogP contribution in [0.15, 0.2) is 0 Å². The summed E-state index contributed by atoms with van der Waals surface area (Å²) in [4.78, 5) is 23.0. The van der Waals surface area contributed by atoms with Crippen molar-refractivity contribution in [1.29, 1.82) is 0 Å². The molecule has 0 radical (unpaired) electrons. The van der Waals surface area contributed by atoms with Crippen LogP contribution in [0, 0.1) is 5.41 Å². The molecule has 0 aliphatic heterocycles. The van der Waals surface area contributed by atoms with Crippen LogP contribution in [0.1, 0.15) is 51.4 Å². The first-order valence-electron chi connectivity index (χ1n) is 6.81. The SMILES string of the molecule is NCCCC(=O)NCC1(C(=O)O)CCCCCC1. The van der Waals surface area contributed by atoms with Crippen LogP contribution in [0.3, 0.4) is 0 Å². The van der Waals surface area contributed by atoms with E-state index < -0.39 is 11.4 Å². The Morgan fingerprint density at radius 2 is 1.78 bits per heavy atom. The smallest absolute Gasteiger partial charge is 0.311 e. The Morgan fingerprint density at radius 1 is 1.17 bits per heavy atom. The predicted molar refractivity (Wildman–Crippen MR) is 69.1 cm³/mol. The number of nitrogens with two attached hydrogens (primary N) is 1. The molecule has 1 fully saturated rings. The van der Waals surface area contributed by atoms with E-state index in [-0.39, 0.29) is 12.5 Å². The summed E-state index contributed by atoms with van der Waals surface area (Å²) in [5.41, 5.74) is 4.58. The van der Waals surface area contributed by atoms with E-state index in [1.807, 2.05) is 0 Å². The molecule has 0 bridgehead atoms. The number of nitrogens with one attached hydrogen (secondary N) is 1. The topological polar surface area (TPSA) is 92.4 Å². The first-order valence-corrected chi connectivity index (χ1v) is 6.81. The molecule has 5 nitrogen and oxygen atoms in total. The number of carboxylic acids is 1. The summed E-state index contributed by atoms with van der Waals surface area (Å²) < 4.78 is 0. The highest BCUT2D eigenvalue weighted by Gasteiger charge is 2.38. The molecule has 0 unspecified atom stereocenters. The lowest BCUT2D eigenvalue weighted by atomic mass is 9.80. The van der Waals surface area contributed by atoms with Crippen molar-refractivity contribution in [1.82, 2.24) is 5.32 Å². The van der Waals surface area contributed by atoms with Gasteiger partial charge in [0.1, 0.15) is 0 Å². The van der Waals surface area contributed by atoms with Gasteiger partial charge in [-0.05, 0) is 25.8 Å². The van der Waals surface area contributed by atoms with E-state index in [0.717, 1.165) is 25.7 Å². The summed E-state index contributed by atoms with van der Waals surface area (Å²) >= 11 is 0. The highest BCUT2D eigenvalue weighted by atomic mass is 16.4. The Morgan fingerprint density at radius 3 is 2.28 bits per heavy atom. The van der Waals surface area contributed by atoms with Crippen molar-refractivity contribution in [3.63, 3.8) is 0 Å². The zero-order chi connectivity index (χ0) is 13.4. The fourth-order valence-corrected chi connectivity index (χ4v) is 2.49. The summed E-state index contributed by atoms with van der Waals surface area (Å²) in [5, 5.41) is 12.2. The lowest BCUT2D eigenvalue weighted by Crippen LogP contribution is -2.42. The minimum atomic E-state index is -0.775. The third-order valence-corrected chi connectivity index (χ3v) is 3.75. The molecular formula is C13H24N2O3. The largest absolute Gasteiger partial charge is 0.481 e. The molecule has 1 aliphatic rings. The highest BCUT2D eigenvalue weighted by Crippen LogP contribution is 2.34. The monoisotopic (exact) mass is 256 g/mol. The summed E-state index contributed by atoms with van der Waals surface area (Å²) in [6.07, 6.45) is 6.42. The third-order valence-electron chi connectivity index (χ3n) is 3.75. The molecule has 18 heavy (non-hydrogen) atoms. The van der Waals surface area contributed by atoms with Gasteiger partial charge >= 0.3 is 5.97 Å². The lowest BCUT2D eigenvalue weighted by molar-refractivity contribution is -0.149.